The molecule has 0 unspecified atom stereocenters. The molecule has 2 aromatic rings. The summed E-state index contributed by atoms with van der Waals surface area (Å²) in [6.07, 6.45) is 1.54. The highest BCUT2D eigenvalue weighted by atomic mass is 79.9. The Morgan fingerprint density at radius 3 is 2.88 bits per heavy atom. The average Bonchev–Trinajstić information content (AvgIpc) is 2.65. The smallest absolute Gasteiger partial charge is 0.268 e. The molecule has 3 nitrogen and oxygen atoms in total. The van der Waals surface area contributed by atoms with E-state index in [1.807, 2.05) is 18.4 Å². The van der Waals surface area contributed by atoms with Gasteiger partial charge in [0.25, 0.3) is 5.56 Å². The minimum Gasteiger partial charge on any atom is -0.291 e. The van der Waals surface area contributed by atoms with Crippen LogP contribution in [0.3, 0.4) is 0 Å². The van der Waals surface area contributed by atoms with Crippen molar-refractivity contribution >= 4 is 43.2 Å². The summed E-state index contributed by atoms with van der Waals surface area (Å²) in [5.41, 5.74) is -0.0444. The van der Waals surface area contributed by atoms with Crippen LogP contribution in [0.1, 0.15) is 10.7 Å². The zero-order valence-electron chi connectivity index (χ0n) is 8.41. The molecule has 0 fully saturated rings. The Bertz CT molecular complexity index is 576. The van der Waals surface area contributed by atoms with Crippen LogP contribution in [0.15, 0.2) is 31.4 Å². The van der Waals surface area contributed by atoms with Gasteiger partial charge in [-0.05, 0) is 44.8 Å². The third-order valence-electron chi connectivity index (χ3n) is 2.14. The summed E-state index contributed by atoms with van der Waals surface area (Å²) in [7, 11) is 0. The molecule has 0 bridgehead atoms. The van der Waals surface area contributed by atoms with Gasteiger partial charge in [-0.1, -0.05) is 0 Å². The average molecular weight is 364 g/mol. The first-order chi connectivity index (χ1) is 7.58. The highest BCUT2D eigenvalue weighted by Crippen LogP contribution is 2.20. The Hall–Kier alpha value is -0.460. The summed E-state index contributed by atoms with van der Waals surface area (Å²) in [6, 6.07) is 2.01. The van der Waals surface area contributed by atoms with Crippen molar-refractivity contribution in [2.24, 2.45) is 0 Å². The van der Waals surface area contributed by atoms with Crippen LogP contribution in [0.25, 0.3) is 0 Å². The van der Waals surface area contributed by atoms with Crippen molar-refractivity contribution in [1.29, 1.82) is 0 Å². The number of thiophene rings is 1. The molecule has 2 rings (SSSR count). The molecule has 0 N–H and O–H groups in total. The van der Waals surface area contributed by atoms with E-state index in [0.29, 0.717) is 11.0 Å². The van der Waals surface area contributed by atoms with E-state index in [1.54, 1.807) is 22.1 Å². The van der Waals surface area contributed by atoms with Crippen molar-refractivity contribution in [3.8, 4) is 0 Å². The molecule has 0 aliphatic heterocycles. The number of rotatable bonds is 2. The number of hydrogen-bond donors (Lipinski definition) is 0. The Balaban J connectivity index is 2.42. The second-order valence-corrected chi connectivity index (χ2v) is 6.04. The van der Waals surface area contributed by atoms with Gasteiger partial charge in [0.15, 0.2) is 0 Å². The van der Waals surface area contributed by atoms with Crippen LogP contribution in [-0.2, 0) is 6.54 Å². The molecular formula is C10H8Br2N2OS. The van der Waals surface area contributed by atoms with Crippen LogP contribution in [0.2, 0.25) is 0 Å². The molecule has 16 heavy (non-hydrogen) atoms. The fourth-order valence-electron chi connectivity index (χ4n) is 1.33. The van der Waals surface area contributed by atoms with Crippen molar-refractivity contribution in [3.63, 3.8) is 0 Å². The molecule has 0 atom stereocenters. The van der Waals surface area contributed by atoms with Gasteiger partial charge in [0.2, 0.25) is 0 Å². The van der Waals surface area contributed by atoms with Crippen LogP contribution in [0.5, 0.6) is 0 Å². The van der Waals surface area contributed by atoms with Crippen LogP contribution in [0.4, 0.5) is 0 Å². The van der Waals surface area contributed by atoms with Gasteiger partial charge in [0, 0.05) is 20.9 Å². The van der Waals surface area contributed by atoms with Gasteiger partial charge in [-0.15, -0.1) is 11.3 Å². The molecule has 6 heteroatoms. The quantitative estimate of drug-likeness (QED) is 0.821. The van der Waals surface area contributed by atoms with E-state index >= 15 is 0 Å². The maximum absolute atomic E-state index is 11.9. The third-order valence-corrected chi connectivity index (χ3v) is 4.37. The zero-order chi connectivity index (χ0) is 11.7. The molecule has 0 spiro atoms. The van der Waals surface area contributed by atoms with Gasteiger partial charge < -0.3 is 0 Å². The molecule has 0 amide bonds. The predicted octanol–water partition coefficient (Wildman–Crippen LogP) is 3.19. The van der Waals surface area contributed by atoms with Gasteiger partial charge in [0.05, 0.1) is 6.54 Å². The van der Waals surface area contributed by atoms with E-state index in [2.05, 4.69) is 36.8 Å². The van der Waals surface area contributed by atoms with Crippen molar-refractivity contribution < 1.29 is 0 Å². The van der Waals surface area contributed by atoms with E-state index in [1.165, 1.54) is 0 Å². The summed E-state index contributed by atoms with van der Waals surface area (Å²) >= 11 is 8.21. The molecular weight excluding hydrogens is 356 g/mol. The van der Waals surface area contributed by atoms with E-state index in [-0.39, 0.29) is 5.56 Å². The molecule has 0 saturated heterocycles. The van der Waals surface area contributed by atoms with Gasteiger partial charge >= 0.3 is 0 Å². The van der Waals surface area contributed by atoms with Gasteiger partial charge in [0.1, 0.15) is 10.3 Å². The largest absolute Gasteiger partial charge is 0.291 e. The molecule has 2 heterocycles. The first kappa shape index (κ1) is 12.0. The molecule has 0 radical (unpaired) electrons. The molecule has 0 saturated carbocycles. The van der Waals surface area contributed by atoms with E-state index in [9.17, 15) is 4.79 Å². The Morgan fingerprint density at radius 2 is 2.25 bits per heavy atom. The predicted molar refractivity (Wildman–Crippen MR) is 72.1 cm³/mol. The summed E-state index contributed by atoms with van der Waals surface area (Å²) < 4.78 is 3.19. The lowest BCUT2D eigenvalue weighted by molar-refractivity contribution is 0.703. The fraction of sp³-hybridized carbons (Fsp3) is 0.200. The number of aromatic nitrogens is 2. The van der Waals surface area contributed by atoms with Crippen LogP contribution >= 0.6 is 43.2 Å². The Morgan fingerprint density at radius 1 is 1.50 bits per heavy atom. The molecule has 0 aliphatic rings. The molecule has 84 valence electrons. The normalized spacial score (nSPS) is 10.7. The first-order valence-electron chi connectivity index (χ1n) is 4.53. The van der Waals surface area contributed by atoms with Gasteiger partial charge in [-0.25, -0.2) is 4.98 Å². The minimum atomic E-state index is -0.0444. The zero-order valence-corrected chi connectivity index (χ0v) is 12.4. The second kappa shape index (κ2) is 4.81. The van der Waals surface area contributed by atoms with Crippen LogP contribution < -0.4 is 5.56 Å². The molecule has 0 aromatic carbocycles. The maximum atomic E-state index is 11.9. The number of nitrogens with zero attached hydrogens (tertiary/aromatic N) is 2. The lowest BCUT2D eigenvalue weighted by Gasteiger charge is -2.07. The second-order valence-electron chi connectivity index (χ2n) is 3.28. The fourth-order valence-corrected chi connectivity index (χ4v) is 3.08. The SMILES string of the molecule is Cc1ncc(Br)c(=O)n1Cc1cc(Br)cs1. The summed E-state index contributed by atoms with van der Waals surface area (Å²) in [6.45, 7) is 2.39. The standard InChI is InChI=1S/C10H8Br2N2OS/c1-6-13-3-9(12)10(15)14(6)4-8-2-7(11)5-16-8/h2-3,5H,4H2,1H3. The summed E-state index contributed by atoms with van der Waals surface area (Å²) in [5, 5.41) is 2.00. The Kier molecular flexibility index (Phi) is 3.61. The van der Waals surface area contributed by atoms with Gasteiger partial charge in [-0.3, -0.25) is 9.36 Å². The van der Waals surface area contributed by atoms with E-state index in [4.69, 9.17) is 0 Å². The van der Waals surface area contributed by atoms with E-state index < -0.39 is 0 Å². The lowest BCUT2D eigenvalue weighted by atomic mass is 10.4. The summed E-state index contributed by atoms with van der Waals surface area (Å²) in [5.74, 6) is 0.720. The van der Waals surface area contributed by atoms with Crippen molar-refractivity contribution in [2.45, 2.75) is 13.5 Å². The topological polar surface area (TPSA) is 34.9 Å². The monoisotopic (exact) mass is 362 g/mol. The third kappa shape index (κ3) is 2.44. The molecule has 2 aromatic heterocycles. The van der Waals surface area contributed by atoms with Crippen molar-refractivity contribution in [2.75, 3.05) is 0 Å². The maximum Gasteiger partial charge on any atom is 0.268 e. The van der Waals surface area contributed by atoms with Gasteiger partial charge in [-0.2, -0.15) is 0 Å². The Labute approximate surface area is 113 Å². The molecule has 0 aliphatic carbocycles. The lowest BCUT2D eigenvalue weighted by Crippen LogP contribution is -2.24. The van der Waals surface area contributed by atoms with Crippen molar-refractivity contribution in [1.82, 2.24) is 9.55 Å². The number of aryl methyl sites for hydroxylation is 1. The minimum absolute atomic E-state index is 0.0444. The van der Waals surface area contributed by atoms with Crippen molar-refractivity contribution in [3.05, 3.63) is 47.6 Å². The van der Waals surface area contributed by atoms with E-state index in [0.717, 1.165) is 15.2 Å². The van der Waals surface area contributed by atoms with Crippen LogP contribution in [-0.4, -0.2) is 9.55 Å². The highest BCUT2D eigenvalue weighted by molar-refractivity contribution is 9.10. The highest BCUT2D eigenvalue weighted by Gasteiger charge is 2.07. The van der Waals surface area contributed by atoms with Crippen LogP contribution in [0, 0.1) is 6.92 Å². The summed E-state index contributed by atoms with van der Waals surface area (Å²) in [4.78, 5) is 17.1. The number of halogens is 2. The first-order valence-corrected chi connectivity index (χ1v) is 6.99. The number of hydrogen-bond acceptors (Lipinski definition) is 3.